The first-order valence-corrected chi connectivity index (χ1v) is 7.59. The van der Waals surface area contributed by atoms with Gasteiger partial charge >= 0.3 is 0 Å². The first-order chi connectivity index (χ1) is 11.0. The second kappa shape index (κ2) is 6.57. The van der Waals surface area contributed by atoms with Gasteiger partial charge in [0, 0.05) is 56.2 Å². The zero-order chi connectivity index (χ0) is 16.4. The Morgan fingerprint density at radius 1 is 1.39 bits per heavy atom. The minimum Gasteiger partial charge on any atom is -0.366 e. The summed E-state index contributed by atoms with van der Waals surface area (Å²) in [7, 11) is 1.67. The number of likely N-dealkylation sites (tertiary alicyclic amines) is 1. The number of nitrogens with zero attached hydrogens (tertiary/aromatic N) is 5. The summed E-state index contributed by atoms with van der Waals surface area (Å²) >= 11 is 0. The molecule has 0 aliphatic carbocycles. The van der Waals surface area contributed by atoms with Gasteiger partial charge in [0.25, 0.3) is 6.43 Å². The fraction of sp³-hybridized carbons (Fsp3) is 0.533. The summed E-state index contributed by atoms with van der Waals surface area (Å²) in [5, 5.41) is 7.23. The third-order valence-electron chi connectivity index (χ3n) is 3.97. The number of halogens is 2. The molecular formula is C15H20F2N6. The molecule has 1 unspecified atom stereocenters. The highest BCUT2D eigenvalue weighted by atomic mass is 19.3. The van der Waals surface area contributed by atoms with Crippen molar-refractivity contribution in [3.8, 4) is 0 Å². The van der Waals surface area contributed by atoms with Crippen LogP contribution in [-0.4, -0.2) is 43.8 Å². The lowest BCUT2D eigenvalue weighted by Gasteiger charge is -2.17. The van der Waals surface area contributed by atoms with E-state index in [9.17, 15) is 8.78 Å². The Hall–Kier alpha value is -2.09. The molecule has 1 atom stereocenters. The molecule has 1 aliphatic rings. The number of alkyl halides is 2. The summed E-state index contributed by atoms with van der Waals surface area (Å²) in [6, 6.07) is 2.16. The summed E-state index contributed by atoms with van der Waals surface area (Å²) in [6.45, 7) is 4.07. The van der Waals surface area contributed by atoms with Crippen LogP contribution < -0.4 is 5.32 Å². The lowest BCUT2D eigenvalue weighted by Crippen LogP contribution is -2.26. The average Bonchev–Trinajstić information content (AvgIpc) is 3.06. The minimum absolute atomic E-state index is 0.115. The molecule has 1 fully saturated rings. The molecule has 2 aromatic rings. The predicted octanol–water partition coefficient (Wildman–Crippen LogP) is 2.14. The maximum atomic E-state index is 13.0. The normalized spacial score (nSPS) is 18.7. The Balaban J connectivity index is 1.60. The SMILES string of the molecule is Cc1cc(NC2CCN(Cc3cn(C)nc3C(F)F)C2)ncn1. The van der Waals surface area contributed by atoms with Crippen LogP contribution in [0.4, 0.5) is 14.6 Å². The zero-order valence-electron chi connectivity index (χ0n) is 13.2. The molecule has 23 heavy (non-hydrogen) atoms. The van der Waals surface area contributed by atoms with E-state index in [0.717, 1.165) is 31.0 Å². The average molecular weight is 322 g/mol. The van der Waals surface area contributed by atoms with Crippen molar-refractivity contribution in [3.63, 3.8) is 0 Å². The van der Waals surface area contributed by atoms with E-state index in [1.165, 1.54) is 11.0 Å². The van der Waals surface area contributed by atoms with Gasteiger partial charge in [-0.25, -0.2) is 18.7 Å². The Labute approximate surface area is 133 Å². The molecule has 1 N–H and O–H groups in total. The van der Waals surface area contributed by atoms with Gasteiger partial charge < -0.3 is 5.32 Å². The summed E-state index contributed by atoms with van der Waals surface area (Å²) in [4.78, 5) is 10.4. The molecule has 0 radical (unpaired) electrons. The van der Waals surface area contributed by atoms with Crippen LogP contribution in [0.3, 0.4) is 0 Å². The van der Waals surface area contributed by atoms with Crippen LogP contribution in [0.2, 0.25) is 0 Å². The van der Waals surface area contributed by atoms with Crippen molar-refractivity contribution < 1.29 is 8.78 Å². The third kappa shape index (κ3) is 3.82. The van der Waals surface area contributed by atoms with Crippen LogP contribution >= 0.6 is 0 Å². The molecule has 3 heterocycles. The van der Waals surface area contributed by atoms with Crippen molar-refractivity contribution in [1.82, 2.24) is 24.6 Å². The fourth-order valence-electron chi connectivity index (χ4n) is 2.94. The number of hydrogen-bond acceptors (Lipinski definition) is 5. The van der Waals surface area contributed by atoms with Gasteiger partial charge in [0.2, 0.25) is 0 Å². The van der Waals surface area contributed by atoms with E-state index in [1.54, 1.807) is 13.2 Å². The predicted molar refractivity (Wildman–Crippen MR) is 82.2 cm³/mol. The molecule has 3 rings (SSSR count). The quantitative estimate of drug-likeness (QED) is 0.914. The van der Waals surface area contributed by atoms with Crippen LogP contribution in [0.1, 0.15) is 29.8 Å². The number of aromatic nitrogens is 4. The van der Waals surface area contributed by atoms with Crippen molar-refractivity contribution in [3.05, 3.63) is 35.5 Å². The van der Waals surface area contributed by atoms with Crippen LogP contribution in [0.5, 0.6) is 0 Å². The zero-order valence-corrected chi connectivity index (χ0v) is 13.2. The lowest BCUT2D eigenvalue weighted by atomic mass is 10.2. The van der Waals surface area contributed by atoms with E-state index in [4.69, 9.17) is 0 Å². The summed E-state index contributed by atoms with van der Waals surface area (Å²) in [6.07, 6.45) is 1.63. The van der Waals surface area contributed by atoms with Gasteiger partial charge in [0.15, 0.2) is 0 Å². The van der Waals surface area contributed by atoms with Crippen LogP contribution in [0, 0.1) is 6.92 Å². The molecule has 1 saturated heterocycles. The van der Waals surface area contributed by atoms with E-state index in [2.05, 4.69) is 25.3 Å². The standard InChI is InChI=1S/C15H20F2N6/c1-10-5-13(19-9-18-10)20-12-3-4-23(8-12)7-11-6-22(2)21-14(11)15(16)17/h5-6,9,12,15H,3-4,7-8H2,1-2H3,(H,18,19,20). The van der Waals surface area contributed by atoms with Gasteiger partial charge in [-0.1, -0.05) is 0 Å². The molecule has 6 nitrogen and oxygen atoms in total. The van der Waals surface area contributed by atoms with Crippen molar-refractivity contribution in [2.24, 2.45) is 7.05 Å². The van der Waals surface area contributed by atoms with Gasteiger partial charge in [-0.2, -0.15) is 5.10 Å². The second-order valence-corrected chi connectivity index (χ2v) is 5.92. The largest absolute Gasteiger partial charge is 0.366 e. The van der Waals surface area contributed by atoms with Crippen molar-refractivity contribution in [2.45, 2.75) is 32.4 Å². The molecule has 0 amide bonds. The summed E-state index contributed by atoms with van der Waals surface area (Å²) in [5.41, 5.74) is 1.39. The maximum Gasteiger partial charge on any atom is 0.282 e. The monoisotopic (exact) mass is 322 g/mol. The maximum absolute atomic E-state index is 13.0. The van der Waals surface area contributed by atoms with E-state index in [1.807, 2.05) is 13.0 Å². The molecule has 0 bridgehead atoms. The third-order valence-corrected chi connectivity index (χ3v) is 3.97. The Morgan fingerprint density at radius 2 is 2.22 bits per heavy atom. The highest BCUT2D eigenvalue weighted by molar-refractivity contribution is 5.36. The molecule has 124 valence electrons. The molecule has 0 aromatic carbocycles. The lowest BCUT2D eigenvalue weighted by molar-refractivity contribution is 0.143. The number of rotatable bonds is 5. The highest BCUT2D eigenvalue weighted by Gasteiger charge is 2.25. The van der Waals surface area contributed by atoms with Crippen molar-refractivity contribution in [1.29, 1.82) is 0 Å². The minimum atomic E-state index is -2.54. The van der Waals surface area contributed by atoms with Crippen molar-refractivity contribution in [2.75, 3.05) is 18.4 Å². The second-order valence-electron chi connectivity index (χ2n) is 5.92. The van der Waals surface area contributed by atoms with Gasteiger partial charge in [-0.05, 0) is 13.3 Å². The van der Waals surface area contributed by atoms with Crippen LogP contribution in [0.15, 0.2) is 18.6 Å². The molecule has 2 aromatic heterocycles. The first kappa shape index (κ1) is 15.8. The molecule has 0 spiro atoms. The highest BCUT2D eigenvalue weighted by Crippen LogP contribution is 2.24. The summed E-state index contributed by atoms with van der Waals surface area (Å²) < 4.78 is 27.4. The van der Waals surface area contributed by atoms with E-state index in [0.29, 0.717) is 12.1 Å². The number of anilines is 1. The van der Waals surface area contributed by atoms with E-state index >= 15 is 0 Å². The van der Waals surface area contributed by atoms with Gasteiger partial charge in [-0.3, -0.25) is 9.58 Å². The molecule has 8 heteroatoms. The fourth-order valence-corrected chi connectivity index (χ4v) is 2.94. The first-order valence-electron chi connectivity index (χ1n) is 7.59. The van der Waals surface area contributed by atoms with Crippen LogP contribution in [0.25, 0.3) is 0 Å². The molecule has 0 saturated carbocycles. The number of aryl methyl sites for hydroxylation is 2. The number of nitrogens with one attached hydrogen (secondary N) is 1. The Kier molecular flexibility index (Phi) is 4.51. The van der Waals surface area contributed by atoms with Crippen molar-refractivity contribution >= 4 is 5.82 Å². The summed E-state index contributed by atoms with van der Waals surface area (Å²) in [5.74, 6) is 0.805. The Bertz CT molecular complexity index is 672. The molecular weight excluding hydrogens is 302 g/mol. The topological polar surface area (TPSA) is 58.9 Å². The smallest absolute Gasteiger partial charge is 0.282 e. The van der Waals surface area contributed by atoms with Crippen LogP contribution in [-0.2, 0) is 13.6 Å². The van der Waals surface area contributed by atoms with Gasteiger partial charge in [0.05, 0.1) is 0 Å². The molecule has 1 aliphatic heterocycles. The van der Waals surface area contributed by atoms with E-state index in [-0.39, 0.29) is 11.7 Å². The number of hydrogen-bond donors (Lipinski definition) is 1. The van der Waals surface area contributed by atoms with Gasteiger partial charge in [0.1, 0.15) is 17.8 Å². The van der Waals surface area contributed by atoms with E-state index < -0.39 is 6.43 Å². The Morgan fingerprint density at radius 3 is 2.96 bits per heavy atom. The van der Waals surface area contributed by atoms with Gasteiger partial charge in [-0.15, -0.1) is 0 Å².